The SMILES string of the molecule is CC(C)(C)C(=O)OC(=O)CCC1CCCNC1. The van der Waals surface area contributed by atoms with Crippen molar-refractivity contribution in [2.45, 2.75) is 46.5 Å². The predicted octanol–water partition coefficient (Wildman–Crippen LogP) is 1.88. The van der Waals surface area contributed by atoms with Gasteiger partial charge in [0, 0.05) is 6.42 Å². The van der Waals surface area contributed by atoms with Gasteiger partial charge >= 0.3 is 11.9 Å². The first-order chi connectivity index (χ1) is 7.89. The van der Waals surface area contributed by atoms with E-state index in [0.29, 0.717) is 12.3 Å². The summed E-state index contributed by atoms with van der Waals surface area (Å²) in [7, 11) is 0. The highest BCUT2D eigenvalue weighted by Gasteiger charge is 2.26. The fourth-order valence-electron chi connectivity index (χ4n) is 1.80. The molecule has 1 aliphatic rings. The zero-order valence-electron chi connectivity index (χ0n) is 11.0. The van der Waals surface area contributed by atoms with Crippen molar-refractivity contribution in [1.29, 1.82) is 0 Å². The van der Waals surface area contributed by atoms with Crippen molar-refractivity contribution in [2.75, 3.05) is 13.1 Å². The molecule has 4 nitrogen and oxygen atoms in total. The van der Waals surface area contributed by atoms with Crippen molar-refractivity contribution < 1.29 is 14.3 Å². The summed E-state index contributed by atoms with van der Waals surface area (Å²) in [5, 5.41) is 3.30. The quantitative estimate of drug-likeness (QED) is 0.605. The minimum Gasteiger partial charge on any atom is -0.393 e. The van der Waals surface area contributed by atoms with Crippen LogP contribution in [-0.4, -0.2) is 25.0 Å². The smallest absolute Gasteiger partial charge is 0.318 e. The van der Waals surface area contributed by atoms with Crippen LogP contribution < -0.4 is 5.32 Å². The lowest BCUT2D eigenvalue weighted by Crippen LogP contribution is -2.30. The number of esters is 2. The van der Waals surface area contributed by atoms with Gasteiger partial charge in [0.05, 0.1) is 5.41 Å². The topological polar surface area (TPSA) is 55.4 Å². The molecular weight excluding hydrogens is 218 g/mol. The van der Waals surface area contributed by atoms with Crippen LogP contribution in [0.5, 0.6) is 0 Å². The van der Waals surface area contributed by atoms with Crippen LogP contribution in [0.15, 0.2) is 0 Å². The summed E-state index contributed by atoms with van der Waals surface area (Å²) < 4.78 is 4.81. The summed E-state index contributed by atoms with van der Waals surface area (Å²) in [6, 6.07) is 0. The number of carbonyl (C=O) groups is 2. The van der Waals surface area contributed by atoms with Gasteiger partial charge in [-0.2, -0.15) is 0 Å². The van der Waals surface area contributed by atoms with Crippen LogP contribution in [0.25, 0.3) is 0 Å². The van der Waals surface area contributed by atoms with Crippen molar-refractivity contribution in [1.82, 2.24) is 5.32 Å². The van der Waals surface area contributed by atoms with E-state index in [4.69, 9.17) is 4.74 Å². The van der Waals surface area contributed by atoms with Crippen LogP contribution in [0.3, 0.4) is 0 Å². The molecule has 0 bridgehead atoms. The molecule has 1 unspecified atom stereocenters. The number of ether oxygens (including phenoxy) is 1. The zero-order chi connectivity index (χ0) is 12.9. The highest BCUT2D eigenvalue weighted by atomic mass is 16.6. The molecule has 0 radical (unpaired) electrons. The minimum atomic E-state index is -0.609. The molecule has 1 N–H and O–H groups in total. The monoisotopic (exact) mass is 241 g/mol. The lowest BCUT2D eigenvalue weighted by molar-refractivity contribution is -0.165. The first kappa shape index (κ1) is 14.2. The van der Waals surface area contributed by atoms with Crippen LogP contribution in [-0.2, 0) is 14.3 Å². The highest BCUT2D eigenvalue weighted by Crippen LogP contribution is 2.18. The molecule has 0 saturated carbocycles. The van der Waals surface area contributed by atoms with Gasteiger partial charge in [-0.3, -0.25) is 9.59 Å². The van der Waals surface area contributed by atoms with Crippen LogP contribution in [0.4, 0.5) is 0 Å². The Kier molecular flexibility index (Phi) is 5.12. The molecule has 98 valence electrons. The molecule has 1 saturated heterocycles. The van der Waals surface area contributed by atoms with Crippen molar-refractivity contribution in [3.05, 3.63) is 0 Å². The Hall–Kier alpha value is -0.900. The summed E-state index contributed by atoms with van der Waals surface area (Å²) in [6.45, 7) is 7.28. The van der Waals surface area contributed by atoms with Gasteiger partial charge in [0.2, 0.25) is 0 Å². The lowest BCUT2D eigenvalue weighted by atomic mass is 9.94. The molecule has 0 aromatic rings. The minimum absolute atomic E-state index is 0.341. The molecule has 1 aliphatic heterocycles. The third-order valence-corrected chi connectivity index (χ3v) is 2.97. The largest absolute Gasteiger partial charge is 0.393 e. The molecule has 1 rings (SSSR count). The van der Waals surface area contributed by atoms with E-state index in [9.17, 15) is 9.59 Å². The normalized spacial score (nSPS) is 21.0. The summed E-state index contributed by atoms with van der Waals surface area (Å²) >= 11 is 0. The Bertz CT molecular complexity index is 275. The lowest BCUT2D eigenvalue weighted by Gasteiger charge is -2.22. The number of hydrogen-bond donors (Lipinski definition) is 1. The molecule has 1 heterocycles. The Morgan fingerprint density at radius 3 is 2.59 bits per heavy atom. The number of carbonyl (C=O) groups excluding carboxylic acids is 2. The van der Waals surface area contributed by atoms with Crippen molar-refractivity contribution in [3.8, 4) is 0 Å². The van der Waals surface area contributed by atoms with Crippen molar-refractivity contribution in [2.24, 2.45) is 11.3 Å². The second kappa shape index (κ2) is 6.15. The fourth-order valence-corrected chi connectivity index (χ4v) is 1.80. The Morgan fingerprint density at radius 2 is 2.06 bits per heavy atom. The van der Waals surface area contributed by atoms with Crippen molar-refractivity contribution in [3.63, 3.8) is 0 Å². The molecule has 0 aromatic carbocycles. The maximum absolute atomic E-state index is 11.5. The van der Waals surface area contributed by atoms with Gasteiger partial charge in [0.15, 0.2) is 0 Å². The van der Waals surface area contributed by atoms with Crippen LogP contribution in [0, 0.1) is 11.3 Å². The van der Waals surface area contributed by atoms with Gasteiger partial charge in [-0.05, 0) is 59.0 Å². The van der Waals surface area contributed by atoms with Gasteiger partial charge in [0.1, 0.15) is 0 Å². The third kappa shape index (κ3) is 5.31. The number of rotatable bonds is 3. The second-order valence-electron chi connectivity index (χ2n) is 5.76. The van der Waals surface area contributed by atoms with Crippen molar-refractivity contribution >= 4 is 11.9 Å². The predicted molar refractivity (Wildman–Crippen MR) is 65.4 cm³/mol. The molecule has 17 heavy (non-hydrogen) atoms. The van der Waals surface area contributed by atoms with Crippen LogP contribution >= 0.6 is 0 Å². The first-order valence-electron chi connectivity index (χ1n) is 6.35. The van der Waals surface area contributed by atoms with Gasteiger partial charge in [-0.25, -0.2) is 0 Å². The van der Waals surface area contributed by atoms with Gasteiger partial charge in [-0.15, -0.1) is 0 Å². The van der Waals surface area contributed by atoms with Gasteiger partial charge in [0.25, 0.3) is 0 Å². The number of hydrogen-bond acceptors (Lipinski definition) is 4. The van der Waals surface area contributed by atoms with E-state index in [-0.39, 0.29) is 0 Å². The molecule has 0 amide bonds. The highest BCUT2D eigenvalue weighted by molar-refractivity contribution is 5.88. The molecule has 1 atom stereocenters. The Morgan fingerprint density at radius 1 is 1.35 bits per heavy atom. The van der Waals surface area contributed by atoms with E-state index in [1.165, 1.54) is 6.42 Å². The number of piperidine rings is 1. The Labute approximate surface area is 103 Å². The summed E-state index contributed by atoms with van der Waals surface area (Å²) in [5.74, 6) is -0.291. The molecule has 1 fully saturated rings. The first-order valence-corrected chi connectivity index (χ1v) is 6.35. The van der Waals surface area contributed by atoms with E-state index in [1.54, 1.807) is 20.8 Å². The van der Waals surface area contributed by atoms with Gasteiger partial charge < -0.3 is 10.1 Å². The molecule has 0 aromatic heterocycles. The second-order valence-corrected chi connectivity index (χ2v) is 5.76. The summed E-state index contributed by atoms with van der Waals surface area (Å²) in [5.41, 5.74) is -0.609. The maximum Gasteiger partial charge on any atom is 0.318 e. The number of nitrogens with one attached hydrogen (secondary N) is 1. The third-order valence-electron chi connectivity index (χ3n) is 2.97. The molecular formula is C13H23NO3. The molecule has 0 aliphatic carbocycles. The van der Waals surface area contributed by atoms with E-state index >= 15 is 0 Å². The zero-order valence-corrected chi connectivity index (χ0v) is 11.0. The maximum atomic E-state index is 11.5. The van der Waals surface area contributed by atoms with Crippen LogP contribution in [0.2, 0.25) is 0 Å². The average Bonchev–Trinajstić information content (AvgIpc) is 2.26. The standard InChI is InChI=1S/C13H23NO3/c1-13(2,3)12(16)17-11(15)7-6-10-5-4-8-14-9-10/h10,14H,4-9H2,1-3H3. The average molecular weight is 241 g/mol. The summed E-state index contributed by atoms with van der Waals surface area (Å²) in [6.07, 6.45) is 3.48. The molecule has 0 spiro atoms. The van der Waals surface area contributed by atoms with E-state index in [2.05, 4.69) is 5.32 Å². The Balaban J connectivity index is 2.23. The molecule has 4 heteroatoms. The van der Waals surface area contributed by atoms with E-state index < -0.39 is 17.4 Å². The van der Waals surface area contributed by atoms with Gasteiger partial charge in [-0.1, -0.05) is 0 Å². The summed E-state index contributed by atoms with van der Waals surface area (Å²) in [4.78, 5) is 23.0. The van der Waals surface area contributed by atoms with Crippen LogP contribution in [0.1, 0.15) is 46.5 Å². The van der Waals surface area contributed by atoms with E-state index in [0.717, 1.165) is 25.9 Å². The van der Waals surface area contributed by atoms with E-state index in [1.807, 2.05) is 0 Å². The fraction of sp³-hybridized carbons (Fsp3) is 0.846.